The van der Waals surface area contributed by atoms with Gasteiger partial charge in [0.15, 0.2) is 0 Å². The lowest BCUT2D eigenvalue weighted by Gasteiger charge is -2.22. The summed E-state index contributed by atoms with van der Waals surface area (Å²) in [4.78, 5) is 4.32. The van der Waals surface area contributed by atoms with Crippen molar-refractivity contribution < 1.29 is 0 Å². The Balaban J connectivity index is 2.24. The smallest absolute Gasteiger partial charge is 0.105 e. The Morgan fingerprint density at radius 2 is 2.05 bits per heavy atom. The van der Waals surface area contributed by atoms with Crippen molar-refractivity contribution >= 4 is 0 Å². The highest BCUT2D eigenvalue weighted by molar-refractivity contribution is 5.32. The van der Waals surface area contributed by atoms with Crippen LogP contribution in [0.3, 0.4) is 0 Å². The summed E-state index contributed by atoms with van der Waals surface area (Å²) in [6, 6.07) is 7.05. The minimum Gasteiger partial charge on any atom is -0.333 e. The summed E-state index contributed by atoms with van der Waals surface area (Å²) < 4.78 is 2.21. The minimum atomic E-state index is 0.337. The average molecular weight is 271 g/mol. The summed E-state index contributed by atoms with van der Waals surface area (Å²) in [5.41, 5.74) is 4.06. The highest BCUT2D eigenvalue weighted by atomic mass is 15.1. The first-order valence-electron chi connectivity index (χ1n) is 7.40. The number of nitrogens with zero attached hydrogens (tertiary/aromatic N) is 2. The van der Waals surface area contributed by atoms with E-state index >= 15 is 0 Å². The molecule has 2 rings (SSSR count). The van der Waals surface area contributed by atoms with Gasteiger partial charge in [-0.15, -0.1) is 0 Å². The zero-order chi connectivity index (χ0) is 14.5. The van der Waals surface area contributed by atoms with Gasteiger partial charge < -0.3 is 9.88 Å². The average Bonchev–Trinajstić information content (AvgIpc) is 2.80. The van der Waals surface area contributed by atoms with Gasteiger partial charge in [-0.2, -0.15) is 0 Å². The summed E-state index contributed by atoms with van der Waals surface area (Å²) in [5, 5.41) is 3.66. The Morgan fingerprint density at radius 1 is 1.25 bits per heavy atom. The quantitative estimate of drug-likeness (QED) is 0.870. The fourth-order valence-corrected chi connectivity index (χ4v) is 2.60. The molecule has 1 aromatic heterocycles. The van der Waals surface area contributed by atoms with E-state index in [2.05, 4.69) is 67.0 Å². The predicted molar refractivity (Wildman–Crippen MR) is 83.9 cm³/mol. The van der Waals surface area contributed by atoms with Crippen LogP contribution in [-0.2, 0) is 6.54 Å². The first kappa shape index (κ1) is 14.8. The highest BCUT2D eigenvalue weighted by Crippen LogP contribution is 2.21. The SMILES string of the molecule is CCCNC(Cn1ccnc1C)c1ccc(C)cc1C. The molecule has 1 N–H and O–H groups in total. The fourth-order valence-electron chi connectivity index (χ4n) is 2.60. The van der Waals surface area contributed by atoms with E-state index in [9.17, 15) is 0 Å². The van der Waals surface area contributed by atoms with Crippen molar-refractivity contribution in [3.8, 4) is 0 Å². The maximum Gasteiger partial charge on any atom is 0.105 e. The molecule has 0 bridgehead atoms. The van der Waals surface area contributed by atoms with Gasteiger partial charge in [-0.05, 0) is 44.9 Å². The normalized spacial score (nSPS) is 12.6. The molecule has 3 nitrogen and oxygen atoms in total. The number of aromatic nitrogens is 2. The molecule has 0 saturated carbocycles. The summed E-state index contributed by atoms with van der Waals surface area (Å²) >= 11 is 0. The van der Waals surface area contributed by atoms with Crippen LogP contribution >= 0.6 is 0 Å². The zero-order valence-corrected chi connectivity index (χ0v) is 13.0. The van der Waals surface area contributed by atoms with Crippen LogP contribution in [0.1, 0.15) is 41.9 Å². The Hall–Kier alpha value is -1.61. The van der Waals surface area contributed by atoms with Crippen molar-refractivity contribution in [3.05, 3.63) is 53.1 Å². The topological polar surface area (TPSA) is 29.9 Å². The van der Waals surface area contributed by atoms with Gasteiger partial charge in [0, 0.05) is 18.9 Å². The van der Waals surface area contributed by atoms with Crippen molar-refractivity contribution in [1.29, 1.82) is 0 Å². The number of nitrogens with one attached hydrogen (secondary N) is 1. The maximum absolute atomic E-state index is 4.32. The van der Waals surface area contributed by atoms with Crippen LogP contribution in [0.5, 0.6) is 0 Å². The monoisotopic (exact) mass is 271 g/mol. The maximum atomic E-state index is 4.32. The summed E-state index contributed by atoms with van der Waals surface area (Å²) in [7, 11) is 0. The fraction of sp³-hybridized carbons (Fsp3) is 0.471. The Labute approximate surface area is 122 Å². The zero-order valence-electron chi connectivity index (χ0n) is 13.0. The largest absolute Gasteiger partial charge is 0.333 e. The standard InChI is InChI=1S/C17H25N3/c1-5-8-19-17(12-20-10-9-18-15(20)4)16-7-6-13(2)11-14(16)3/h6-7,9-11,17,19H,5,8,12H2,1-4H3. The van der Waals surface area contributed by atoms with Crippen LogP contribution in [0.15, 0.2) is 30.6 Å². The molecular weight excluding hydrogens is 246 g/mol. The van der Waals surface area contributed by atoms with Crippen molar-refractivity contribution in [2.45, 2.75) is 46.7 Å². The highest BCUT2D eigenvalue weighted by Gasteiger charge is 2.14. The molecule has 0 amide bonds. The lowest BCUT2D eigenvalue weighted by molar-refractivity contribution is 0.456. The van der Waals surface area contributed by atoms with Crippen molar-refractivity contribution in [1.82, 2.24) is 14.9 Å². The third-order valence-corrected chi connectivity index (χ3v) is 3.74. The Kier molecular flexibility index (Phi) is 4.96. The molecule has 0 aliphatic rings. The molecule has 20 heavy (non-hydrogen) atoms. The van der Waals surface area contributed by atoms with E-state index in [1.165, 1.54) is 16.7 Å². The molecule has 1 aromatic carbocycles. The number of hydrogen-bond donors (Lipinski definition) is 1. The number of benzene rings is 1. The Bertz CT molecular complexity index is 557. The first-order chi connectivity index (χ1) is 9.61. The van der Waals surface area contributed by atoms with Gasteiger partial charge in [0.05, 0.1) is 6.04 Å². The second-order valence-corrected chi connectivity index (χ2v) is 5.49. The van der Waals surface area contributed by atoms with Crippen molar-refractivity contribution in [2.24, 2.45) is 0 Å². The van der Waals surface area contributed by atoms with Gasteiger partial charge in [0.2, 0.25) is 0 Å². The van der Waals surface area contributed by atoms with Gasteiger partial charge in [-0.3, -0.25) is 0 Å². The molecular formula is C17H25N3. The molecule has 0 spiro atoms. The molecule has 0 aliphatic heterocycles. The van der Waals surface area contributed by atoms with Crippen LogP contribution in [0.25, 0.3) is 0 Å². The van der Waals surface area contributed by atoms with E-state index in [4.69, 9.17) is 0 Å². The molecule has 1 unspecified atom stereocenters. The van der Waals surface area contributed by atoms with Crippen LogP contribution in [-0.4, -0.2) is 16.1 Å². The van der Waals surface area contributed by atoms with Gasteiger partial charge in [-0.1, -0.05) is 30.7 Å². The van der Waals surface area contributed by atoms with Gasteiger partial charge in [0.25, 0.3) is 0 Å². The second-order valence-electron chi connectivity index (χ2n) is 5.49. The van der Waals surface area contributed by atoms with Gasteiger partial charge in [0.1, 0.15) is 5.82 Å². The molecule has 108 valence electrons. The van der Waals surface area contributed by atoms with Crippen LogP contribution in [0.4, 0.5) is 0 Å². The third kappa shape index (κ3) is 3.48. The summed E-state index contributed by atoms with van der Waals surface area (Å²) in [6.07, 6.45) is 5.07. The molecule has 2 aromatic rings. The number of imidazole rings is 1. The number of rotatable bonds is 6. The number of aryl methyl sites for hydroxylation is 3. The summed E-state index contributed by atoms with van der Waals surface area (Å²) in [5.74, 6) is 1.07. The van der Waals surface area contributed by atoms with E-state index in [1.807, 2.05) is 6.20 Å². The third-order valence-electron chi connectivity index (χ3n) is 3.74. The van der Waals surface area contributed by atoms with E-state index in [1.54, 1.807) is 0 Å². The molecule has 1 heterocycles. The van der Waals surface area contributed by atoms with E-state index in [0.29, 0.717) is 6.04 Å². The van der Waals surface area contributed by atoms with Crippen molar-refractivity contribution in [3.63, 3.8) is 0 Å². The van der Waals surface area contributed by atoms with Crippen LogP contribution in [0.2, 0.25) is 0 Å². The van der Waals surface area contributed by atoms with E-state index in [0.717, 1.165) is 25.3 Å². The lowest BCUT2D eigenvalue weighted by atomic mass is 9.99. The molecule has 3 heteroatoms. The van der Waals surface area contributed by atoms with Crippen molar-refractivity contribution in [2.75, 3.05) is 6.54 Å². The van der Waals surface area contributed by atoms with Gasteiger partial charge >= 0.3 is 0 Å². The molecule has 0 aliphatic carbocycles. The molecule has 0 saturated heterocycles. The second kappa shape index (κ2) is 6.71. The van der Waals surface area contributed by atoms with E-state index < -0.39 is 0 Å². The number of hydrogen-bond acceptors (Lipinski definition) is 2. The molecule has 1 atom stereocenters. The minimum absolute atomic E-state index is 0.337. The van der Waals surface area contributed by atoms with Crippen LogP contribution in [0, 0.1) is 20.8 Å². The van der Waals surface area contributed by atoms with Crippen LogP contribution < -0.4 is 5.32 Å². The van der Waals surface area contributed by atoms with Gasteiger partial charge in [-0.25, -0.2) is 4.98 Å². The molecule has 0 radical (unpaired) electrons. The lowest BCUT2D eigenvalue weighted by Crippen LogP contribution is -2.27. The predicted octanol–water partition coefficient (Wildman–Crippen LogP) is 3.55. The molecule has 0 fully saturated rings. The summed E-state index contributed by atoms with van der Waals surface area (Å²) in [6.45, 7) is 10.6. The van der Waals surface area contributed by atoms with E-state index in [-0.39, 0.29) is 0 Å². The first-order valence-corrected chi connectivity index (χ1v) is 7.40. The Morgan fingerprint density at radius 3 is 2.65 bits per heavy atom.